The molecule has 1 amide bonds. The third kappa shape index (κ3) is 11.4. The SMILES string of the molecule is CCNC(=NCC(O)c1ccc(OC(F)F)cc1)NCCCNC(=O)OC(C)(C)C. The predicted molar refractivity (Wildman–Crippen MR) is 111 cm³/mol. The monoisotopic (exact) mass is 430 g/mol. The van der Waals surface area contributed by atoms with Gasteiger partial charge in [-0.25, -0.2) is 4.79 Å². The minimum Gasteiger partial charge on any atom is -0.444 e. The summed E-state index contributed by atoms with van der Waals surface area (Å²) < 4.78 is 33.8. The lowest BCUT2D eigenvalue weighted by Gasteiger charge is -2.19. The van der Waals surface area contributed by atoms with Crippen molar-refractivity contribution in [3.05, 3.63) is 29.8 Å². The van der Waals surface area contributed by atoms with E-state index in [9.17, 15) is 18.7 Å². The van der Waals surface area contributed by atoms with Crippen molar-refractivity contribution in [3.8, 4) is 5.75 Å². The first-order chi connectivity index (χ1) is 14.1. The first-order valence-corrected chi connectivity index (χ1v) is 9.82. The van der Waals surface area contributed by atoms with E-state index in [1.807, 2.05) is 6.92 Å². The Labute approximate surface area is 176 Å². The molecule has 0 aliphatic heterocycles. The van der Waals surface area contributed by atoms with Gasteiger partial charge in [0.2, 0.25) is 0 Å². The van der Waals surface area contributed by atoms with Gasteiger partial charge in [-0.05, 0) is 51.8 Å². The minimum absolute atomic E-state index is 0.0273. The second-order valence-electron chi connectivity index (χ2n) is 7.39. The van der Waals surface area contributed by atoms with E-state index in [4.69, 9.17) is 4.74 Å². The van der Waals surface area contributed by atoms with Crippen molar-refractivity contribution in [2.75, 3.05) is 26.2 Å². The van der Waals surface area contributed by atoms with Gasteiger partial charge in [0, 0.05) is 19.6 Å². The normalized spacial score (nSPS) is 13.0. The van der Waals surface area contributed by atoms with Crippen LogP contribution in [0.25, 0.3) is 0 Å². The number of amides is 1. The number of nitrogens with one attached hydrogen (secondary N) is 3. The summed E-state index contributed by atoms with van der Waals surface area (Å²) in [4.78, 5) is 15.9. The molecule has 0 aliphatic carbocycles. The zero-order chi connectivity index (χ0) is 22.6. The largest absolute Gasteiger partial charge is 0.444 e. The Kier molecular flexibility index (Phi) is 10.9. The number of ether oxygens (including phenoxy) is 2. The summed E-state index contributed by atoms with van der Waals surface area (Å²) in [6, 6.07) is 5.77. The third-order valence-corrected chi connectivity index (χ3v) is 3.57. The minimum atomic E-state index is -2.89. The zero-order valence-corrected chi connectivity index (χ0v) is 17.9. The van der Waals surface area contributed by atoms with Gasteiger partial charge in [-0.2, -0.15) is 8.78 Å². The first kappa shape index (κ1) is 25.4. The van der Waals surface area contributed by atoms with Crippen LogP contribution in [0.1, 0.15) is 45.8 Å². The second-order valence-corrected chi connectivity index (χ2v) is 7.39. The lowest BCUT2D eigenvalue weighted by atomic mass is 10.1. The Morgan fingerprint density at radius 3 is 2.33 bits per heavy atom. The van der Waals surface area contributed by atoms with Crippen molar-refractivity contribution in [1.82, 2.24) is 16.0 Å². The van der Waals surface area contributed by atoms with Crippen molar-refractivity contribution in [2.24, 2.45) is 4.99 Å². The molecule has 10 heteroatoms. The molecule has 0 heterocycles. The number of benzene rings is 1. The number of alkyl carbamates (subject to hydrolysis) is 1. The van der Waals surface area contributed by atoms with Crippen molar-refractivity contribution in [2.45, 2.75) is 52.4 Å². The van der Waals surface area contributed by atoms with E-state index in [0.717, 1.165) is 0 Å². The molecule has 0 spiro atoms. The highest BCUT2D eigenvalue weighted by molar-refractivity contribution is 5.79. The number of guanidine groups is 1. The Morgan fingerprint density at radius 1 is 1.13 bits per heavy atom. The topological polar surface area (TPSA) is 104 Å². The summed E-state index contributed by atoms with van der Waals surface area (Å²) in [5, 5.41) is 19.1. The van der Waals surface area contributed by atoms with E-state index in [0.29, 0.717) is 37.6 Å². The van der Waals surface area contributed by atoms with Gasteiger partial charge >= 0.3 is 12.7 Å². The van der Waals surface area contributed by atoms with Crippen LogP contribution in [0.2, 0.25) is 0 Å². The molecule has 0 bridgehead atoms. The van der Waals surface area contributed by atoms with E-state index >= 15 is 0 Å². The van der Waals surface area contributed by atoms with E-state index in [1.54, 1.807) is 20.8 Å². The molecule has 8 nitrogen and oxygen atoms in total. The van der Waals surface area contributed by atoms with Crippen LogP contribution in [0.3, 0.4) is 0 Å². The molecule has 0 radical (unpaired) electrons. The molecule has 0 saturated heterocycles. The maximum Gasteiger partial charge on any atom is 0.407 e. The summed E-state index contributed by atoms with van der Waals surface area (Å²) in [5.41, 5.74) is 0.00221. The highest BCUT2D eigenvalue weighted by Crippen LogP contribution is 2.19. The highest BCUT2D eigenvalue weighted by atomic mass is 19.3. The fraction of sp³-hybridized carbons (Fsp3) is 0.600. The molecule has 0 aromatic heterocycles. The molecular formula is C20H32F2N4O4. The molecule has 170 valence electrons. The second kappa shape index (κ2) is 12.8. The number of hydrogen-bond acceptors (Lipinski definition) is 5. The molecule has 1 aromatic rings. The molecule has 0 saturated carbocycles. The maximum absolute atomic E-state index is 12.2. The van der Waals surface area contributed by atoms with Crippen LogP contribution < -0.4 is 20.7 Å². The van der Waals surface area contributed by atoms with Crippen LogP contribution >= 0.6 is 0 Å². The summed E-state index contributed by atoms with van der Waals surface area (Å²) in [5.74, 6) is 0.547. The highest BCUT2D eigenvalue weighted by Gasteiger charge is 2.15. The Bertz CT molecular complexity index is 664. The van der Waals surface area contributed by atoms with Crippen molar-refractivity contribution in [3.63, 3.8) is 0 Å². The van der Waals surface area contributed by atoms with Crippen molar-refractivity contribution in [1.29, 1.82) is 0 Å². The zero-order valence-electron chi connectivity index (χ0n) is 17.9. The number of aliphatic imine (C=N–C) groups is 1. The molecule has 0 aliphatic rings. The first-order valence-electron chi connectivity index (χ1n) is 9.82. The van der Waals surface area contributed by atoms with E-state index in [2.05, 4.69) is 25.7 Å². The number of aliphatic hydroxyl groups is 1. The molecule has 0 fully saturated rings. The van der Waals surface area contributed by atoms with Gasteiger partial charge in [-0.3, -0.25) is 4.99 Å². The van der Waals surface area contributed by atoms with Gasteiger partial charge in [0.25, 0.3) is 0 Å². The molecule has 1 atom stereocenters. The number of hydrogen-bond donors (Lipinski definition) is 4. The van der Waals surface area contributed by atoms with Gasteiger partial charge in [0.15, 0.2) is 5.96 Å². The number of nitrogens with zero attached hydrogens (tertiary/aromatic N) is 1. The predicted octanol–water partition coefficient (Wildman–Crippen LogP) is 2.79. The van der Waals surface area contributed by atoms with Gasteiger partial charge in [0.1, 0.15) is 11.4 Å². The van der Waals surface area contributed by atoms with Gasteiger partial charge < -0.3 is 30.5 Å². The number of rotatable bonds is 10. The maximum atomic E-state index is 12.2. The Morgan fingerprint density at radius 2 is 1.77 bits per heavy atom. The van der Waals surface area contributed by atoms with Crippen LogP contribution in [-0.4, -0.2) is 55.6 Å². The molecular weight excluding hydrogens is 398 g/mol. The third-order valence-electron chi connectivity index (χ3n) is 3.57. The number of carbonyl (C=O) groups is 1. The summed E-state index contributed by atoms with van der Waals surface area (Å²) in [6.07, 6.45) is -0.705. The standard InChI is InChI=1S/C20H32F2N4O4/c1-5-23-18(24-11-6-12-25-19(28)30-20(2,3)4)26-13-16(27)14-7-9-15(10-8-14)29-17(21)22/h7-10,16-17,27H,5-6,11-13H2,1-4H3,(H,25,28)(H2,23,24,26). The molecule has 1 rings (SSSR count). The fourth-order valence-corrected chi connectivity index (χ4v) is 2.30. The van der Waals surface area contributed by atoms with Gasteiger partial charge in [-0.15, -0.1) is 0 Å². The van der Waals surface area contributed by atoms with Crippen LogP contribution in [-0.2, 0) is 4.74 Å². The average Bonchev–Trinajstić information content (AvgIpc) is 2.64. The smallest absolute Gasteiger partial charge is 0.407 e. The van der Waals surface area contributed by atoms with Gasteiger partial charge in [0.05, 0.1) is 12.6 Å². The number of halogens is 2. The number of aliphatic hydroxyl groups excluding tert-OH is 1. The molecule has 4 N–H and O–H groups in total. The van der Waals surface area contributed by atoms with Crippen molar-refractivity contribution >= 4 is 12.1 Å². The molecule has 1 aromatic carbocycles. The number of alkyl halides is 2. The van der Waals surface area contributed by atoms with E-state index in [1.165, 1.54) is 24.3 Å². The summed E-state index contributed by atoms with van der Waals surface area (Å²) in [6.45, 7) is 6.14. The van der Waals surface area contributed by atoms with E-state index in [-0.39, 0.29) is 12.3 Å². The summed E-state index contributed by atoms with van der Waals surface area (Å²) >= 11 is 0. The fourth-order valence-electron chi connectivity index (χ4n) is 2.30. The van der Waals surface area contributed by atoms with Crippen molar-refractivity contribution < 1.29 is 28.2 Å². The summed E-state index contributed by atoms with van der Waals surface area (Å²) in [7, 11) is 0. The van der Waals surface area contributed by atoms with Gasteiger partial charge in [-0.1, -0.05) is 12.1 Å². The average molecular weight is 430 g/mol. The Hall–Kier alpha value is -2.62. The quantitative estimate of drug-likeness (QED) is 0.259. The lowest BCUT2D eigenvalue weighted by Crippen LogP contribution is -2.39. The lowest BCUT2D eigenvalue weighted by molar-refractivity contribution is -0.0498. The van der Waals surface area contributed by atoms with Crippen LogP contribution in [0.15, 0.2) is 29.3 Å². The Balaban J connectivity index is 2.43. The van der Waals surface area contributed by atoms with Crippen LogP contribution in [0.5, 0.6) is 5.75 Å². The van der Waals surface area contributed by atoms with E-state index < -0.39 is 24.4 Å². The van der Waals surface area contributed by atoms with Crippen LogP contribution in [0, 0.1) is 0 Å². The number of carbonyl (C=O) groups excluding carboxylic acids is 1. The molecule has 30 heavy (non-hydrogen) atoms. The molecule has 1 unspecified atom stereocenters. The van der Waals surface area contributed by atoms with Crippen LogP contribution in [0.4, 0.5) is 13.6 Å².